The number of nitrogens with zero attached hydrogens (tertiary/aromatic N) is 1. The predicted molar refractivity (Wildman–Crippen MR) is 122 cm³/mol. The first-order chi connectivity index (χ1) is 14.7. The van der Waals surface area contributed by atoms with Gasteiger partial charge in [-0.15, -0.1) is 0 Å². The van der Waals surface area contributed by atoms with Gasteiger partial charge in [-0.2, -0.15) is 0 Å². The molecular weight excluding hydrogens is 370 g/mol. The lowest BCUT2D eigenvalue weighted by atomic mass is 9.95. The number of ether oxygens (including phenoxy) is 1. The van der Waals surface area contributed by atoms with Crippen LogP contribution in [0.15, 0.2) is 84.9 Å². The first-order valence-electron chi connectivity index (χ1n) is 10.6. The molecule has 0 bridgehead atoms. The Bertz CT molecular complexity index is 988. The number of hydrogen-bond donors (Lipinski definition) is 0. The van der Waals surface area contributed by atoms with Gasteiger partial charge in [0.1, 0.15) is 12.0 Å². The van der Waals surface area contributed by atoms with E-state index in [0.29, 0.717) is 11.1 Å². The Morgan fingerprint density at radius 3 is 2.07 bits per heavy atom. The van der Waals surface area contributed by atoms with E-state index < -0.39 is 0 Å². The van der Waals surface area contributed by atoms with Crippen LogP contribution >= 0.6 is 0 Å². The highest BCUT2D eigenvalue weighted by atomic mass is 16.5. The number of allylic oxidation sites excluding steroid dienone is 1. The van der Waals surface area contributed by atoms with E-state index in [1.165, 1.54) is 12.8 Å². The summed E-state index contributed by atoms with van der Waals surface area (Å²) in [6.45, 7) is 4.26. The summed E-state index contributed by atoms with van der Waals surface area (Å²) in [6, 6.07) is 27.3. The highest BCUT2D eigenvalue weighted by Crippen LogP contribution is 2.25. The molecule has 152 valence electrons. The summed E-state index contributed by atoms with van der Waals surface area (Å²) in [5.74, 6) is 0.795. The molecule has 0 saturated carbocycles. The second-order valence-electron chi connectivity index (χ2n) is 7.65. The van der Waals surface area contributed by atoms with E-state index in [9.17, 15) is 4.79 Å². The van der Waals surface area contributed by atoms with Crippen molar-refractivity contribution in [3.63, 3.8) is 0 Å². The Hall–Kier alpha value is -3.17. The maximum absolute atomic E-state index is 13.4. The molecule has 3 nitrogen and oxygen atoms in total. The van der Waals surface area contributed by atoms with Gasteiger partial charge in [0, 0.05) is 24.2 Å². The van der Waals surface area contributed by atoms with Crippen molar-refractivity contribution in [2.75, 3.05) is 13.1 Å². The lowest BCUT2D eigenvalue weighted by Gasteiger charge is -2.24. The highest BCUT2D eigenvalue weighted by molar-refractivity contribution is 6.32. The predicted octanol–water partition coefficient (Wildman–Crippen LogP) is 5.93. The number of Topliss-reactive ketones (excluding diaryl/α,β-unsaturated/α-hetero) is 1. The normalized spacial score (nSPS) is 15.7. The maximum Gasteiger partial charge on any atom is 0.193 e. The molecule has 4 rings (SSSR count). The molecule has 30 heavy (non-hydrogen) atoms. The third-order valence-electron chi connectivity index (χ3n) is 5.52. The van der Waals surface area contributed by atoms with Gasteiger partial charge < -0.3 is 4.74 Å². The van der Waals surface area contributed by atoms with Crippen LogP contribution in [0.2, 0.25) is 0 Å². The van der Waals surface area contributed by atoms with Crippen LogP contribution in [0.4, 0.5) is 0 Å². The Labute approximate surface area is 178 Å². The molecule has 1 saturated heterocycles. The summed E-state index contributed by atoms with van der Waals surface area (Å²) < 4.78 is 6.07. The second kappa shape index (κ2) is 9.55. The SMILES string of the molecule is CC(Oc1ccc(C(=O)/C(=C/c2ccccc2)c2ccccc2)cc1)N1CCCC1. The fourth-order valence-corrected chi connectivity index (χ4v) is 3.83. The molecule has 1 aliphatic heterocycles. The van der Waals surface area contributed by atoms with Crippen molar-refractivity contribution < 1.29 is 9.53 Å². The van der Waals surface area contributed by atoms with Gasteiger partial charge in [0.2, 0.25) is 0 Å². The van der Waals surface area contributed by atoms with Crippen LogP contribution in [0.1, 0.15) is 41.3 Å². The molecule has 0 spiro atoms. The fourth-order valence-electron chi connectivity index (χ4n) is 3.83. The summed E-state index contributed by atoms with van der Waals surface area (Å²) in [4.78, 5) is 15.7. The average Bonchev–Trinajstić information content (AvgIpc) is 3.34. The van der Waals surface area contributed by atoms with Crippen molar-refractivity contribution in [1.29, 1.82) is 0 Å². The van der Waals surface area contributed by atoms with Crippen molar-refractivity contribution in [2.24, 2.45) is 0 Å². The number of ketones is 1. The van der Waals surface area contributed by atoms with Crippen LogP contribution in [-0.2, 0) is 0 Å². The number of carbonyl (C=O) groups excluding carboxylic acids is 1. The molecule has 1 aliphatic rings. The minimum atomic E-state index is 0.00388. The zero-order valence-corrected chi connectivity index (χ0v) is 17.3. The Kier molecular flexibility index (Phi) is 6.41. The lowest BCUT2D eigenvalue weighted by molar-refractivity contribution is 0.0592. The first kappa shape index (κ1) is 20.1. The number of rotatable bonds is 7. The zero-order chi connectivity index (χ0) is 20.8. The van der Waals surface area contributed by atoms with E-state index in [1.807, 2.05) is 91.0 Å². The molecule has 0 amide bonds. The smallest absolute Gasteiger partial charge is 0.193 e. The molecular formula is C27H27NO2. The standard InChI is InChI=1S/C27H27NO2/c1-21(28-18-8-9-19-28)30-25-16-14-24(15-17-25)27(29)26(23-12-6-3-7-13-23)20-22-10-4-2-5-11-22/h2-7,10-17,20-21H,8-9,18-19H2,1H3/b26-20+. The molecule has 1 heterocycles. The van der Waals surface area contributed by atoms with Crippen LogP contribution in [-0.4, -0.2) is 30.0 Å². The largest absolute Gasteiger partial charge is 0.475 e. The molecule has 1 fully saturated rings. The Morgan fingerprint density at radius 1 is 0.833 bits per heavy atom. The van der Waals surface area contributed by atoms with Crippen LogP contribution in [0, 0.1) is 0 Å². The average molecular weight is 398 g/mol. The minimum Gasteiger partial charge on any atom is -0.475 e. The molecule has 0 radical (unpaired) electrons. The van der Waals surface area contributed by atoms with Crippen molar-refractivity contribution in [2.45, 2.75) is 26.0 Å². The van der Waals surface area contributed by atoms with Crippen molar-refractivity contribution >= 4 is 17.4 Å². The molecule has 0 N–H and O–H groups in total. The monoisotopic (exact) mass is 397 g/mol. The topological polar surface area (TPSA) is 29.5 Å². The number of benzene rings is 3. The van der Waals surface area contributed by atoms with Crippen LogP contribution in [0.25, 0.3) is 11.6 Å². The maximum atomic E-state index is 13.4. The molecule has 1 unspecified atom stereocenters. The molecule has 0 aromatic heterocycles. The Balaban J connectivity index is 1.56. The summed E-state index contributed by atoms with van der Waals surface area (Å²) in [5, 5.41) is 0. The van der Waals surface area contributed by atoms with Gasteiger partial charge in [-0.1, -0.05) is 60.7 Å². The van der Waals surface area contributed by atoms with E-state index >= 15 is 0 Å². The van der Waals surface area contributed by atoms with Crippen molar-refractivity contribution in [3.8, 4) is 5.75 Å². The van der Waals surface area contributed by atoms with Crippen LogP contribution in [0.5, 0.6) is 5.75 Å². The van der Waals surface area contributed by atoms with E-state index in [0.717, 1.165) is 30.0 Å². The number of carbonyl (C=O) groups is 1. The zero-order valence-electron chi connectivity index (χ0n) is 17.3. The molecule has 3 aromatic rings. The van der Waals surface area contributed by atoms with Crippen LogP contribution < -0.4 is 4.74 Å². The van der Waals surface area contributed by atoms with Crippen LogP contribution in [0.3, 0.4) is 0 Å². The molecule has 0 aliphatic carbocycles. The molecule has 3 heteroatoms. The van der Waals surface area contributed by atoms with Gasteiger partial charge >= 0.3 is 0 Å². The van der Waals surface area contributed by atoms with Gasteiger partial charge in [0.05, 0.1) is 0 Å². The van der Waals surface area contributed by atoms with E-state index in [-0.39, 0.29) is 12.0 Å². The fraction of sp³-hybridized carbons (Fsp3) is 0.222. The summed E-state index contributed by atoms with van der Waals surface area (Å²) in [5.41, 5.74) is 3.25. The van der Waals surface area contributed by atoms with Gasteiger partial charge in [-0.25, -0.2) is 0 Å². The van der Waals surface area contributed by atoms with Gasteiger partial charge in [-0.05, 0) is 61.2 Å². The second-order valence-corrected chi connectivity index (χ2v) is 7.65. The number of hydrogen-bond acceptors (Lipinski definition) is 3. The highest BCUT2D eigenvalue weighted by Gasteiger charge is 2.19. The summed E-state index contributed by atoms with van der Waals surface area (Å²) >= 11 is 0. The third kappa shape index (κ3) is 4.87. The summed E-state index contributed by atoms with van der Waals surface area (Å²) in [6.07, 6.45) is 4.47. The van der Waals surface area contributed by atoms with E-state index in [1.54, 1.807) is 0 Å². The summed E-state index contributed by atoms with van der Waals surface area (Å²) in [7, 11) is 0. The van der Waals surface area contributed by atoms with Gasteiger partial charge in [0.15, 0.2) is 5.78 Å². The number of likely N-dealkylation sites (tertiary alicyclic amines) is 1. The van der Waals surface area contributed by atoms with Crippen molar-refractivity contribution in [1.82, 2.24) is 4.90 Å². The van der Waals surface area contributed by atoms with E-state index in [4.69, 9.17) is 4.74 Å². The minimum absolute atomic E-state index is 0.00388. The quantitative estimate of drug-likeness (QED) is 0.281. The van der Waals surface area contributed by atoms with E-state index in [2.05, 4.69) is 11.8 Å². The molecule has 3 aromatic carbocycles. The third-order valence-corrected chi connectivity index (χ3v) is 5.52. The molecule has 1 atom stereocenters. The first-order valence-corrected chi connectivity index (χ1v) is 10.6. The van der Waals surface area contributed by atoms with Crippen molar-refractivity contribution in [3.05, 3.63) is 102 Å². The van der Waals surface area contributed by atoms with Gasteiger partial charge in [-0.3, -0.25) is 9.69 Å². The lowest BCUT2D eigenvalue weighted by Crippen LogP contribution is -2.34. The van der Waals surface area contributed by atoms with Gasteiger partial charge in [0.25, 0.3) is 0 Å². The Morgan fingerprint density at radius 2 is 1.43 bits per heavy atom.